The Morgan fingerprint density at radius 3 is 2.89 bits per heavy atom. The lowest BCUT2D eigenvalue weighted by atomic mass is 9.99. The van der Waals surface area contributed by atoms with Crippen LogP contribution in [-0.2, 0) is 12.0 Å². The Morgan fingerprint density at radius 2 is 2.14 bits per heavy atom. The van der Waals surface area contributed by atoms with E-state index in [4.69, 9.17) is 0 Å². The number of nitrogens with one attached hydrogen (secondary N) is 1. The summed E-state index contributed by atoms with van der Waals surface area (Å²) >= 11 is 2.24. The van der Waals surface area contributed by atoms with Crippen LogP contribution in [0, 0.1) is 11.7 Å². The van der Waals surface area contributed by atoms with Gasteiger partial charge in [-0.25, -0.2) is 13.6 Å². The summed E-state index contributed by atoms with van der Waals surface area (Å²) in [6.07, 6.45) is 7.70. The van der Waals surface area contributed by atoms with Gasteiger partial charge in [-0.05, 0) is 58.5 Å². The molecule has 1 N–H and O–H groups in total. The van der Waals surface area contributed by atoms with Crippen molar-refractivity contribution in [1.82, 2.24) is 24.3 Å². The molecule has 1 aliphatic heterocycles. The van der Waals surface area contributed by atoms with E-state index >= 15 is 0 Å². The average Bonchev–Trinajstić information content (AvgIpc) is 3.17. The van der Waals surface area contributed by atoms with Gasteiger partial charge in [0.1, 0.15) is 11.5 Å². The van der Waals surface area contributed by atoms with Gasteiger partial charge in [-0.15, -0.1) is 0 Å². The van der Waals surface area contributed by atoms with Gasteiger partial charge in [0.15, 0.2) is 0 Å². The number of anilines is 2. The molecule has 11 heteroatoms. The lowest BCUT2D eigenvalue weighted by molar-refractivity contribution is 0.257. The molecule has 1 aromatic carbocycles. The van der Waals surface area contributed by atoms with E-state index in [0.717, 1.165) is 35.9 Å². The highest BCUT2D eigenvalue weighted by Gasteiger charge is 2.54. The van der Waals surface area contributed by atoms with Gasteiger partial charge in [0.05, 0.1) is 41.4 Å². The van der Waals surface area contributed by atoms with Crippen LogP contribution >= 0.6 is 28.4 Å². The lowest BCUT2D eigenvalue weighted by Gasteiger charge is -2.19. The fraction of sp³-hybridized carbons (Fsp3) is 0.333. The van der Waals surface area contributed by atoms with Gasteiger partial charge in [-0.3, -0.25) is 14.6 Å². The smallest absolute Gasteiger partial charge is 0.304 e. The number of aromatic nitrogens is 5. The Hall–Kier alpha value is -2.59. The highest BCUT2D eigenvalue weighted by atomic mass is 127. The minimum absolute atomic E-state index is 0.104. The first-order chi connectivity index (χ1) is 16.9. The number of carbonyl (C=O) groups is 1. The second-order valence-corrected chi connectivity index (χ2v) is 11.8. The molecule has 0 saturated heterocycles. The number of benzene rings is 1. The summed E-state index contributed by atoms with van der Waals surface area (Å²) in [5.74, 6) is 0.0825. The minimum atomic E-state index is -0.364. The highest BCUT2D eigenvalue weighted by Crippen LogP contribution is 2.57. The van der Waals surface area contributed by atoms with E-state index < -0.39 is 0 Å². The van der Waals surface area contributed by atoms with Crippen molar-refractivity contribution in [3.8, 4) is 11.4 Å². The minimum Gasteiger partial charge on any atom is -0.304 e. The normalized spacial score (nSPS) is 16.2. The van der Waals surface area contributed by atoms with Crippen molar-refractivity contribution < 1.29 is 9.18 Å². The number of nitrogens with zero attached hydrogens (tertiary/aromatic N) is 6. The third-order valence-corrected chi connectivity index (χ3v) is 8.62. The molecule has 1 atom stereocenters. The highest BCUT2D eigenvalue weighted by molar-refractivity contribution is 14.2. The monoisotopic (exact) mass is 603 g/mol. The van der Waals surface area contributed by atoms with Crippen LogP contribution in [0.4, 0.5) is 20.6 Å². The molecule has 4 heterocycles. The molecule has 1 unspecified atom stereocenters. The maximum Gasteiger partial charge on any atom is 0.326 e. The standard InChI is InChI=1S/C24H24FIN7OP/c1-14(2)11-32-20-8-18(27-9-15(20)10-28-32)21-19(12-33(30-21)35-26)29-23(34)31-13-24(6-7-24)16-4-3-5-17(25)22(16)31/h3-5,8-10,12,14,35H,6-7,11,13H2,1-2H3,(H,29,34). The van der Waals surface area contributed by atoms with Gasteiger partial charge in [0.2, 0.25) is 0 Å². The second-order valence-electron chi connectivity index (χ2n) is 9.70. The molecule has 1 fully saturated rings. The van der Waals surface area contributed by atoms with Crippen LogP contribution in [0.15, 0.2) is 42.9 Å². The Bertz CT molecular complexity index is 1460. The van der Waals surface area contributed by atoms with Gasteiger partial charge in [0.25, 0.3) is 0 Å². The first-order valence-electron chi connectivity index (χ1n) is 11.5. The van der Waals surface area contributed by atoms with E-state index in [2.05, 4.69) is 56.4 Å². The molecule has 3 aromatic heterocycles. The van der Waals surface area contributed by atoms with E-state index in [1.165, 1.54) is 6.07 Å². The quantitative estimate of drug-likeness (QED) is 0.226. The molecule has 180 valence electrons. The molecular formula is C24H24FIN7OP. The van der Waals surface area contributed by atoms with E-state index in [0.29, 0.717) is 41.6 Å². The van der Waals surface area contributed by atoms with Crippen molar-refractivity contribution >= 4 is 56.7 Å². The number of pyridine rings is 1. The van der Waals surface area contributed by atoms with Crippen LogP contribution in [-0.4, -0.2) is 36.9 Å². The van der Waals surface area contributed by atoms with Crippen LogP contribution in [0.3, 0.4) is 0 Å². The molecule has 2 aliphatic rings. The summed E-state index contributed by atoms with van der Waals surface area (Å²) in [7, 11) is 0. The van der Waals surface area contributed by atoms with Gasteiger partial charge in [-0.1, -0.05) is 26.0 Å². The van der Waals surface area contributed by atoms with Gasteiger partial charge >= 0.3 is 6.03 Å². The molecular weight excluding hydrogens is 579 g/mol. The van der Waals surface area contributed by atoms with Crippen LogP contribution < -0.4 is 10.2 Å². The summed E-state index contributed by atoms with van der Waals surface area (Å²) in [5, 5.41) is 13.1. The van der Waals surface area contributed by atoms with Crippen LogP contribution in [0.2, 0.25) is 0 Å². The Morgan fingerprint density at radius 1 is 1.31 bits per heavy atom. The van der Waals surface area contributed by atoms with Crippen molar-refractivity contribution in [2.75, 3.05) is 16.8 Å². The van der Waals surface area contributed by atoms with Crippen LogP contribution in [0.25, 0.3) is 22.3 Å². The maximum absolute atomic E-state index is 14.8. The average molecular weight is 603 g/mol. The van der Waals surface area contributed by atoms with Gasteiger partial charge in [0, 0.05) is 30.1 Å². The Labute approximate surface area is 216 Å². The number of halogens is 2. The molecule has 0 radical (unpaired) electrons. The number of rotatable bonds is 5. The number of urea groups is 1. The van der Waals surface area contributed by atoms with Crippen LogP contribution in [0.1, 0.15) is 32.3 Å². The van der Waals surface area contributed by atoms with Crippen molar-refractivity contribution in [2.45, 2.75) is 38.6 Å². The molecule has 35 heavy (non-hydrogen) atoms. The molecule has 0 bridgehead atoms. The number of amides is 2. The lowest BCUT2D eigenvalue weighted by Crippen LogP contribution is -2.35. The largest absolute Gasteiger partial charge is 0.326 e. The summed E-state index contributed by atoms with van der Waals surface area (Å²) in [6.45, 7) is 5.59. The summed E-state index contributed by atoms with van der Waals surface area (Å²) in [4.78, 5) is 19.6. The number of hydrogen-bond donors (Lipinski definition) is 1. The second kappa shape index (κ2) is 8.51. The van der Waals surface area contributed by atoms with Gasteiger partial charge in [-0.2, -0.15) is 10.2 Å². The molecule has 6 rings (SSSR count). The predicted molar refractivity (Wildman–Crippen MR) is 145 cm³/mol. The maximum atomic E-state index is 14.8. The zero-order valence-corrected chi connectivity index (χ0v) is 22.5. The first kappa shape index (κ1) is 22.8. The van der Waals surface area contributed by atoms with E-state index in [9.17, 15) is 9.18 Å². The molecule has 1 aliphatic carbocycles. The molecule has 4 aromatic rings. The SMILES string of the molecule is CC(C)Cn1ncc2cnc(-c3nn(PI)cc3NC(=O)N3CC4(CC4)c4cccc(F)c43)cc21. The topological polar surface area (TPSA) is 80.9 Å². The summed E-state index contributed by atoms with van der Waals surface area (Å²) < 4.78 is 18.6. The van der Waals surface area contributed by atoms with Crippen molar-refractivity contribution in [2.24, 2.45) is 5.92 Å². The van der Waals surface area contributed by atoms with E-state index in [1.807, 2.05) is 23.0 Å². The number of fused-ring (bicyclic) bond motifs is 3. The molecule has 1 saturated carbocycles. The zero-order chi connectivity index (χ0) is 24.3. The molecule has 8 nitrogen and oxygen atoms in total. The Balaban J connectivity index is 1.35. The third-order valence-electron chi connectivity index (χ3n) is 6.74. The number of para-hydroxylation sites is 1. The Kier molecular flexibility index (Phi) is 5.56. The molecule has 2 amide bonds. The predicted octanol–water partition coefficient (Wildman–Crippen LogP) is 5.97. The third kappa shape index (κ3) is 3.91. The fourth-order valence-corrected chi connectivity index (χ4v) is 5.97. The number of carbonyl (C=O) groups excluding carboxylic acids is 1. The molecule has 1 spiro atoms. The van der Waals surface area contributed by atoms with Crippen LogP contribution in [0.5, 0.6) is 0 Å². The summed E-state index contributed by atoms with van der Waals surface area (Å²) in [6, 6.07) is 6.70. The first-order valence-corrected chi connectivity index (χ1v) is 15.6. The number of hydrogen-bond acceptors (Lipinski definition) is 4. The fourth-order valence-electron chi connectivity index (χ4n) is 4.91. The van der Waals surface area contributed by atoms with Crippen molar-refractivity contribution in [3.05, 3.63) is 54.2 Å². The van der Waals surface area contributed by atoms with Crippen molar-refractivity contribution in [1.29, 1.82) is 0 Å². The van der Waals surface area contributed by atoms with E-state index in [-0.39, 0.29) is 17.3 Å². The summed E-state index contributed by atoms with van der Waals surface area (Å²) in [5.41, 5.74) is 3.97. The van der Waals surface area contributed by atoms with E-state index in [1.54, 1.807) is 27.8 Å². The van der Waals surface area contributed by atoms with Gasteiger partial charge < -0.3 is 5.32 Å². The van der Waals surface area contributed by atoms with Crippen molar-refractivity contribution in [3.63, 3.8) is 0 Å². The zero-order valence-electron chi connectivity index (χ0n) is 19.3.